The number of benzene rings is 1. The summed E-state index contributed by atoms with van der Waals surface area (Å²) in [6, 6.07) is 9.61. The molecule has 0 spiro atoms. The van der Waals surface area contributed by atoms with Gasteiger partial charge in [-0.05, 0) is 19.1 Å². The molecule has 0 unspecified atom stereocenters. The molecule has 2 rings (SSSR count). The zero-order valence-corrected chi connectivity index (χ0v) is 9.76. The van der Waals surface area contributed by atoms with E-state index >= 15 is 0 Å². The summed E-state index contributed by atoms with van der Waals surface area (Å²) in [5.41, 5.74) is 0.965. The second-order valence-corrected chi connectivity index (χ2v) is 3.99. The standard InChI is InChI=1S/C13H15NO3/c1-2-17-13(16)11-8-14(9-12(11)15)10-6-4-3-5-7-10/h3-7,11H,2,8-9H2,1H3/t11-/m1/s1. The number of carbonyl (C=O) groups is 2. The highest BCUT2D eigenvalue weighted by molar-refractivity contribution is 6.04. The molecular formula is C13H15NO3. The van der Waals surface area contributed by atoms with Crippen molar-refractivity contribution < 1.29 is 14.3 Å². The van der Waals surface area contributed by atoms with Gasteiger partial charge in [-0.2, -0.15) is 0 Å². The molecule has 4 nitrogen and oxygen atoms in total. The van der Waals surface area contributed by atoms with Crippen molar-refractivity contribution >= 4 is 17.4 Å². The van der Waals surface area contributed by atoms with Crippen LogP contribution in [0.5, 0.6) is 0 Å². The monoisotopic (exact) mass is 233 g/mol. The smallest absolute Gasteiger partial charge is 0.318 e. The van der Waals surface area contributed by atoms with E-state index < -0.39 is 11.9 Å². The number of anilines is 1. The maximum atomic E-state index is 11.7. The van der Waals surface area contributed by atoms with E-state index in [2.05, 4.69) is 0 Å². The minimum atomic E-state index is -0.629. The molecule has 0 amide bonds. The SMILES string of the molecule is CCOC(=O)[C@@H]1CN(c2ccccc2)CC1=O. The van der Waals surface area contributed by atoms with Gasteiger partial charge in [-0.15, -0.1) is 0 Å². The lowest BCUT2D eigenvalue weighted by Gasteiger charge is -2.16. The Kier molecular flexibility index (Phi) is 3.42. The predicted octanol–water partition coefficient (Wildman–Crippen LogP) is 1.26. The lowest BCUT2D eigenvalue weighted by atomic mass is 10.1. The summed E-state index contributed by atoms with van der Waals surface area (Å²) in [4.78, 5) is 25.2. The minimum Gasteiger partial charge on any atom is -0.465 e. The topological polar surface area (TPSA) is 46.6 Å². The molecule has 1 heterocycles. The lowest BCUT2D eigenvalue weighted by Crippen LogP contribution is -2.25. The molecule has 90 valence electrons. The molecule has 0 aliphatic carbocycles. The fraction of sp³-hybridized carbons (Fsp3) is 0.385. The zero-order chi connectivity index (χ0) is 12.3. The Bertz CT molecular complexity index is 416. The van der Waals surface area contributed by atoms with E-state index in [-0.39, 0.29) is 12.3 Å². The summed E-state index contributed by atoms with van der Waals surface area (Å²) in [6.45, 7) is 2.76. The van der Waals surface area contributed by atoms with Gasteiger partial charge in [0.25, 0.3) is 0 Å². The van der Waals surface area contributed by atoms with Crippen LogP contribution in [0.15, 0.2) is 30.3 Å². The van der Waals surface area contributed by atoms with Gasteiger partial charge in [0.15, 0.2) is 5.78 Å². The second kappa shape index (κ2) is 4.99. The van der Waals surface area contributed by atoms with Crippen LogP contribution in [0.1, 0.15) is 6.92 Å². The maximum absolute atomic E-state index is 11.7. The molecule has 4 heteroatoms. The first-order valence-corrected chi connectivity index (χ1v) is 5.71. The highest BCUT2D eigenvalue weighted by atomic mass is 16.5. The predicted molar refractivity (Wildman–Crippen MR) is 63.8 cm³/mol. The van der Waals surface area contributed by atoms with Gasteiger partial charge in [0.1, 0.15) is 5.92 Å². The van der Waals surface area contributed by atoms with Gasteiger partial charge >= 0.3 is 5.97 Å². The quantitative estimate of drug-likeness (QED) is 0.582. The van der Waals surface area contributed by atoms with Gasteiger partial charge in [0, 0.05) is 12.2 Å². The number of carbonyl (C=O) groups excluding carboxylic acids is 2. The summed E-state index contributed by atoms with van der Waals surface area (Å²) < 4.78 is 4.89. The number of hydrogen-bond acceptors (Lipinski definition) is 4. The molecule has 17 heavy (non-hydrogen) atoms. The van der Waals surface area contributed by atoms with E-state index in [1.54, 1.807) is 6.92 Å². The second-order valence-electron chi connectivity index (χ2n) is 3.99. The summed E-state index contributed by atoms with van der Waals surface area (Å²) in [5.74, 6) is -1.10. The number of Topliss-reactive ketones (excluding diaryl/α,β-unsaturated/α-hetero) is 1. The van der Waals surface area contributed by atoms with Gasteiger partial charge in [0.05, 0.1) is 13.2 Å². The Morgan fingerprint density at radius 2 is 2.12 bits per heavy atom. The molecule has 0 radical (unpaired) electrons. The number of rotatable bonds is 3. The van der Waals surface area contributed by atoms with E-state index in [1.165, 1.54) is 0 Å². The van der Waals surface area contributed by atoms with Crippen molar-refractivity contribution in [3.63, 3.8) is 0 Å². The number of nitrogens with zero attached hydrogens (tertiary/aromatic N) is 1. The number of ether oxygens (including phenoxy) is 1. The van der Waals surface area contributed by atoms with Gasteiger partial charge < -0.3 is 9.64 Å². The van der Waals surface area contributed by atoms with Crippen LogP contribution >= 0.6 is 0 Å². The van der Waals surface area contributed by atoms with Gasteiger partial charge in [-0.1, -0.05) is 18.2 Å². The fourth-order valence-electron chi connectivity index (χ4n) is 1.97. The zero-order valence-electron chi connectivity index (χ0n) is 9.76. The first kappa shape index (κ1) is 11.6. The molecular weight excluding hydrogens is 218 g/mol. The number of hydrogen-bond donors (Lipinski definition) is 0. The van der Waals surface area contributed by atoms with Crippen LogP contribution in [0.2, 0.25) is 0 Å². The van der Waals surface area contributed by atoms with Crippen LogP contribution in [0.3, 0.4) is 0 Å². The maximum Gasteiger partial charge on any atom is 0.318 e. The Labute approximate surface area is 100 Å². The molecule has 0 N–H and O–H groups in total. The van der Waals surface area contributed by atoms with Crippen molar-refractivity contribution in [3.8, 4) is 0 Å². The lowest BCUT2D eigenvalue weighted by molar-refractivity contribution is -0.149. The normalized spacial score (nSPS) is 19.5. The van der Waals surface area contributed by atoms with E-state index in [0.717, 1.165) is 5.69 Å². The molecule has 1 fully saturated rings. The molecule has 0 aromatic heterocycles. The highest BCUT2D eigenvalue weighted by Crippen LogP contribution is 2.22. The fourth-order valence-corrected chi connectivity index (χ4v) is 1.97. The van der Waals surface area contributed by atoms with Crippen LogP contribution in [0, 0.1) is 5.92 Å². The molecule has 1 aromatic rings. The van der Waals surface area contributed by atoms with E-state index in [1.807, 2.05) is 35.2 Å². The largest absolute Gasteiger partial charge is 0.465 e. The summed E-state index contributed by atoms with van der Waals surface area (Å²) in [6.07, 6.45) is 0. The van der Waals surface area contributed by atoms with Crippen molar-refractivity contribution in [1.29, 1.82) is 0 Å². The van der Waals surface area contributed by atoms with Crippen LogP contribution in [0.25, 0.3) is 0 Å². The number of esters is 1. The molecule has 1 atom stereocenters. The van der Waals surface area contributed by atoms with Crippen LogP contribution in [-0.4, -0.2) is 31.4 Å². The first-order chi connectivity index (χ1) is 8.22. The van der Waals surface area contributed by atoms with Gasteiger partial charge in [-0.25, -0.2) is 0 Å². The Balaban J connectivity index is 2.07. The number of para-hydroxylation sites is 1. The van der Waals surface area contributed by atoms with Crippen molar-refractivity contribution in [2.45, 2.75) is 6.92 Å². The van der Waals surface area contributed by atoms with Crippen LogP contribution in [0.4, 0.5) is 5.69 Å². The Hall–Kier alpha value is -1.84. The molecule has 0 bridgehead atoms. The van der Waals surface area contributed by atoms with Gasteiger partial charge in [-0.3, -0.25) is 9.59 Å². The van der Waals surface area contributed by atoms with E-state index in [0.29, 0.717) is 13.2 Å². The molecule has 0 saturated carbocycles. The Morgan fingerprint density at radius 1 is 1.41 bits per heavy atom. The Morgan fingerprint density at radius 3 is 2.76 bits per heavy atom. The highest BCUT2D eigenvalue weighted by Gasteiger charge is 2.37. The number of ketones is 1. The van der Waals surface area contributed by atoms with E-state index in [9.17, 15) is 9.59 Å². The average Bonchev–Trinajstić information content (AvgIpc) is 2.73. The van der Waals surface area contributed by atoms with Gasteiger partial charge in [0.2, 0.25) is 0 Å². The van der Waals surface area contributed by atoms with Crippen LogP contribution < -0.4 is 4.90 Å². The van der Waals surface area contributed by atoms with Crippen molar-refractivity contribution in [1.82, 2.24) is 0 Å². The first-order valence-electron chi connectivity index (χ1n) is 5.71. The summed E-state index contributed by atoms with van der Waals surface area (Å²) >= 11 is 0. The van der Waals surface area contributed by atoms with Crippen molar-refractivity contribution in [2.24, 2.45) is 5.92 Å². The van der Waals surface area contributed by atoms with Crippen LogP contribution in [-0.2, 0) is 14.3 Å². The summed E-state index contributed by atoms with van der Waals surface area (Å²) in [7, 11) is 0. The molecule has 1 aliphatic heterocycles. The molecule has 1 aromatic carbocycles. The molecule has 1 saturated heterocycles. The van der Waals surface area contributed by atoms with Crippen molar-refractivity contribution in [3.05, 3.63) is 30.3 Å². The average molecular weight is 233 g/mol. The van der Waals surface area contributed by atoms with E-state index in [4.69, 9.17) is 4.74 Å². The third-order valence-corrected chi connectivity index (χ3v) is 2.83. The third kappa shape index (κ3) is 2.46. The van der Waals surface area contributed by atoms with Crippen molar-refractivity contribution in [2.75, 3.05) is 24.6 Å². The molecule has 1 aliphatic rings. The minimum absolute atomic E-state index is 0.0627. The summed E-state index contributed by atoms with van der Waals surface area (Å²) in [5, 5.41) is 0. The third-order valence-electron chi connectivity index (χ3n) is 2.83.